The van der Waals surface area contributed by atoms with E-state index in [0.717, 1.165) is 39.6 Å². The van der Waals surface area contributed by atoms with Crippen LogP contribution >= 0.6 is 11.3 Å². The highest BCUT2D eigenvalue weighted by Crippen LogP contribution is 2.26. The molecular weight excluding hydrogens is 358 g/mol. The number of aromatic nitrogens is 4. The fourth-order valence-electron chi connectivity index (χ4n) is 3.48. The van der Waals surface area contributed by atoms with Gasteiger partial charge in [-0.1, -0.05) is 30.3 Å². The Morgan fingerprint density at radius 1 is 1.22 bits per heavy atom. The van der Waals surface area contributed by atoms with E-state index in [-0.39, 0.29) is 5.91 Å². The number of thiazole rings is 1. The smallest absolute Gasteiger partial charge is 0.273 e. The lowest BCUT2D eigenvalue weighted by atomic mass is 10.1. The zero-order valence-corrected chi connectivity index (χ0v) is 15.6. The van der Waals surface area contributed by atoms with Crippen molar-refractivity contribution in [2.45, 2.75) is 19.9 Å². The maximum absolute atomic E-state index is 12.9. The molecule has 7 heteroatoms. The molecule has 0 atom stereocenters. The molecule has 1 aliphatic heterocycles. The molecule has 0 saturated carbocycles. The van der Waals surface area contributed by atoms with Gasteiger partial charge >= 0.3 is 0 Å². The van der Waals surface area contributed by atoms with Crippen LogP contribution in [0.25, 0.3) is 16.2 Å². The third-order valence-corrected chi connectivity index (χ3v) is 5.69. The Morgan fingerprint density at radius 3 is 2.93 bits per heavy atom. The Labute approximate surface area is 160 Å². The fourth-order valence-corrected chi connectivity index (χ4v) is 4.28. The van der Waals surface area contributed by atoms with Gasteiger partial charge in [-0.2, -0.15) is 5.10 Å². The summed E-state index contributed by atoms with van der Waals surface area (Å²) in [4.78, 5) is 23.8. The topological polar surface area (TPSA) is 63.4 Å². The van der Waals surface area contributed by atoms with Crippen molar-refractivity contribution in [2.24, 2.45) is 0 Å². The van der Waals surface area contributed by atoms with E-state index in [0.29, 0.717) is 18.8 Å². The lowest BCUT2D eigenvalue weighted by Gasteiger charge is -2.28. The van der Waals surface area contributed by atoms with Gasteiger partial charge in [-0.3, -0.25) is 4.79 Å². The third kappa shape index (κ3) is 2.80. The number of aryl methyl sites for hydroxylation is 1. The van der Waals surface area contributed by atoms with Crippen LogP contribution < -0.4 is 0 Å². The molecule has 4 heterocycles. The largest absolute Gasteiger partial charge is 0.332 e. The first-order chi connectivity index (χ1) is 13.2. The highest BCUT2D eigenvalue weighted by atomic mass is 32.1. The van der Waals surface area contributed by atoms with Gasteiger partial charge in [0.05, 0.1) is 11.4 Å². The quantitative estimate of drug-likeness (QED) is 0.539. The predicted octanol–water partition coefficient (Wildman–Crippen LogP) is 3.36. The summed E-state index contributed by atoms with van der Waals surface area (Å²) >= 11 is 1.50. The molecule has 1 aromatic carbocycles. The molecule has 134 valence electrons. The highest BCUT2D eigenvalue weighted by molar-refractivity contribution is 7.13. The molecule has 3 aromatic heterocycles. The number of benzene rings is 1. The molecule has 0 aliphatic carbocycles. The molecule has 0 saturated heterocycles. The maximum Gasteiger partial charge on any atom is 0.273 e. The first-order valence-corrected chi connectivity index (χ1v) is 9.70. The number of hydrogen-bond donors (Lipinski definition) is 0. The van der Waals surface area contributed by atoms with E-state index in [2.05, 4.69) is 15.1 Å². The van der Waals surface area contributed by atoms with Crippen molar-refractivity contribution in [1.29, 1.82) is 0 Å². The molecule has 4 aromatic rings. The summed E-state index contributed by atoms with van der Waals surface area (Å²) in [6, 6.07) is 11.9. The Morgan fingerprint density at radius 2 is 2.07 bits per heavy atom. The fraction of sp³-hybridized carbons (Fsp3) is 0.200. The maximum atomic E-state index is 12.9. The van der Waals surface area contributed by atoms with Crippen LogP contribution in [0.5, 0.6) is 0 Å². The van der Waals surface area contributed by atoms with Crippen LogP contribution in [-0.4, -0.2) is 36.9 Å². The van der Waals surface area contributed by atoms with E-state index in [1.54, 1.807) is 0 Å². The average Bonchev–Trinajstić information content (AvgIpc) is 3.34. The molecule has 27 heavy (non-hydrogen) atoms. The lowest BCUT2D eigenvalue weighted by Crippen LogP contribution is -2.37. The number of fused-ring (bicyclic) bond motifs is 3. The van der Waals surface area contributed by atoms with Crippen molar-refractivity contribution in [2.75, 3.05) is 6.54 Å². The Balaban J connectivity index is 1.41. The number of rotatable bonds is 2. The van der Waals surface area contributed by atoms with Gasteiger partial charge in [-0.05, 0) is 6.92 Å². The molecule has 0 N–H and O–H groups in total. The van der Waals surface area contributed by atoms with E-state index in [1.165, 1.54) is 11.3 Å². The Kier molecular flexibility index (Phi) is 3.75. The summed E-state index contributed by atoms with van der Waals surface area (Å²) in [6.45, 7) is 3.16. The summed E-state index contributed by atoms with van der Waals surface area (Å²) in [5.74, 6) is -0.0316. The summed E-state index contributed by atoms with van der Waals surface area (Å²) in [6.07, 6.45) is 2.62. The molecular formula is C20H17N5OS. The molecule has 0 unspecified atom stereocenters. The second-order valence-electron chi connectivity index (χ2n) is 6.67. The number of carbonyl (C=O) groups is 1. The molecule has 1 amide bonds. The minimum Gasteiger partial charge on any atom is -0.332 e. The van der Waals surface area contributed by atoms with Crippen molar-refractivity contribution in [3.63, 3.8) is 0 Å². The van der Waals surface area contributed by atoms with Crippen LogP contribution in [0.2, 0.25) is 0 Å². The van der Waals surface area contributed by atoms with E-state index in [1.807, 2.05) is 64.3 Å². The Bertz CT molecular complexity index is 1150. The van der Waals surface area contributed by atoms with Crippen LogP contribution in [0.3, 0.4) is 0 Å². The van der Waals surface area contributed by atoms with Gasteiger partial charge in [-0.25, -0.2) is 14.5 Å². The molecule has 1 aliphatic rings. The van der Waals surface area contributed by atoms with Gasteiger partial charge in [0, 0.05) is 48.3 Å². The van der Waals surface area contributed by atoms with E-state index < -0.39 is 0 Å². The highest BCUT2D eigenvalue weighted by Gasteiger charge is 2.25. The van der Waals surface area contributed by atoms with Crippen LogP contribution in [0.1, 0.15) is 27.4 Å². The SMILES string of the molecule is Cc1cc2ncc3c(n2n1)CCN(C(=O)c1csc(-c2ccccc2)n1)C3. The minimum absolute atomic E-state index is 0.0316. The number of hydrogen-bond acceptors (Lipinski definition) is 5. The van der Waals surface area contributed by atoms with Crippen LogP contribution in [0.15, 0.2) is 48.0 Å². The normalized spacial score (nSPS) is 13.7. The van der Waals surface area contributed by atoms with E-state index >= 15 is 0 Å². The van der Waals surface area contributed by atoms with Gasteiger partial charge in [0.1, 0.15) is 10.7 Å². The zero-order valence-electron chi connectivity index (χ0n) is 14.8. The summed E-state index contributed by atoms with van der Waals surface area (Å²) < 4.78 is 1.91. The standard InChI is InChI=1S/C20H17N5OS/c1-13-9-18-21-10-15-11-24(8-7-17(15)25(18)23-13)20(26)16-12-27-19(22-16)14-5-3-2-4-6-14/h2-6,9-10,12H,7-8,11H2,1H3. The third-order valence-electron chi connectivity index (χ3n) is 4.80. The molecule has 0 spiro atoms. The second-order valence-corrected chi connectivity index (χ2v) is 7.52. The second kappa shape index (κ2) is 6.28. The van der Waals surface area contributed by atoms with Crippen molar-refractivity contribution >= 4 is 22.9 Å². The summed E-state index contributed by atoms with van der Waals surface area (Å²) in [5.41, 5.74) is 5.53. The average molecular weight is 375 g/mol. The molecule has 0 fully saturated rings. The first-order valence-electron chi connectivity index (χ1n) is 8.82. The zero-order chi connectivity index (χ0) is 18.4. The lowest BCUT2D eigenvalue weighted by molar-refractivity contribution is 0.0727. The molecule has 5 rings (SSSR count). The molecule has 6 nitrogen and oxygen atoms in total. The monoisotopic (exact) mass is 375 g/mol. The Hall–Kier alpha value is -3.06. The predicted molar refractivity (Wildman–Crippen MR) is 104 cm³/mol. The van der Waals surface area contributed by atoms with Crippen LogP contribution in [-0.2, 0) is 13.0 Å². The first kappa shape index (κ1) is 16.1. The van der Waals surface area contributed by atoms with E-state index in [9.17, 15) is 4.79 Å². The molecule has 0 radical (unpaired) electrons. The number of nitrogens with zero attached hydrogens (tertiary/aromatic N) is 5. The van der Waals surface area contributed by atoms with Gasteiger partial charge in [-0.15, -0.1) is 11.3 Å². The summed E-state index contributed by atoms with van der Waals surface area (Å²) in [7, 11) is 0. The van der Waals surface area contributed by atoms with Crippen molar-refractivity contribution < 1.29 is 4.79 Å². The summed E-state index contributed by atoms with van der Waals surface area (Å²) in [5, 5.41) is 7.24. The van der Waals surface area contributed by atoms with E-state index in [4.69, 9.17) is 0 Å². The number of carbonyl (C=O) groups excluding carboxylic acids is 1. The van der Waals surface area contributed by atoms with Gasteiger partial charge in [0.15, 0.2) is 5.65 Å². The van der Waals surface area contributed by atoms with Crippen LogP contribution in [0.4, 0.5) is 0 Å². The number of amides is 1. The van der Waals surface area contributed by atoms with Crippen molar-refractivity contribution in [1.82, 2.24) is 24.5 Å². The van der Waals surface area contributed by atoms with Gasteiger partial charge < -0.3 is 4.90 Å². The van der Waals surface area contributed by atoms with Crippen molar-refractivity contribution in [3.8, 4) is 10.6 Å². The van der Waals surface area contributed by atoms with Gasteiger partial charge in [0.25, 0.3) is 5.91 Å². The van der Waals surface area contributed by atoms with Gasteiger partial charge in [0.2, 0.25) is 0 Å². The molecule has 0 bridgehead atoms. The minimum atomic E-state index is -0.0316. The van der Waals surface area contributed by atoms with Crippen LogP contribution in [0, 0.1) is 6.92 Å². The van der Waals surface area contributed by atoms with Crippen molar-refractivity contribution in [3.05, 3.63) is 70.6 Å².